The van der Waals surface area contributed by atoms with Gasteiger partial charge in [-0.1, -0.05) is 24.3 Å². The van der Waals surface area contributed by atoms with Crippen LogP contribution in [0, 0.1) is 5.92 Å². The molecule has 0 aliphatic heterocycles. The van der Waals surface area contributed by atoms with Crippen molar-refractivity contribution in [2.24, 2.45) is 11.1 Å². The second-order valence-corrected chi connectivity index (χ2v) is 8.88. The summed E-state index contributed by atoms with van der Waals surface area (Å²) >= 11 is 0. The lowest BCUT2D eigenvalue weighted by molar-refractivity contribution is 0.160. The minimum atomic E-state index is -3.97. The van der Waals surface area contributed by atoms with Crippen molar-refractivity contribution in [3.63, 3.8) is 0 Å². The number of nitrogens with two attached hydrogens (primary N) is 1. The molecule has 1 heterocycles. The Kier molecular flexibility index (Phi) is 5.68. The van der Waals surface area contributed by atoms with E-state index in [2.05, 4.69) is 43.0 Å². The van der Waals surface area contributed by atoms with Crippen LogP contribution in [0.1, 0.15) is 36.4 Å². The van der Waals surface area contributed by atoms with Gasteiger partial charge in [-0.25, -0.2) is 15.1 Å². The molecular weight excluding hydrogens is 394 g/mol. The number of rotatable bonds is 7. The Morgan fingerprint density at radius 1 is 1.17 bits per heavy atom. The third kappa shape index (κ3) is 5.02. The Bertz CT molecular complexity index is 971. The largest absolute Gasteiger partial charge is 0.391 e. The van der Waals surface area contributed by atoms with E-state index in [4.69, 9.17) is 5.14 Å². The van der Waals surface area contributed by atoms with Crippen molar-refractivity contribution in [2.45, 2.75) is 43.9 Å². The highest BCUT2D eigenvalue weighted by molar-refractivity contribution is 7.84. The van der Waals surface area contributed by atoms with Crippen LogP contribution in [0.15, 0.2) is 36.7 Å². The first-order valence-electron chi connectivity index (χ1n) is 9.65. The highest BCUT2D eigenvalue weighted by Crippen LogP contribution is 2.34. The molecule has 4 rings (SSSR count). The van der Waals surface area contributed by atoms with Crippen molar-refractivity contribution in [1.29, 1.82) is 0 Å². The highest BCUT2D eigenvalue weighted by atomic mass is 32.2. The number of aryl methyl sites for hydroxylation is 1. The van der Waals surface area contributed by atoms with E-state index in [0.717, 1.165) is 12.8 Å². The van der Waals surface area contributed by atoms with Crippen molar-refractivity contribution in [2.75, 3.05) is 17.2 Å². The molecule has 0 saturated heterocycles. The summed E-state index contributed by atoms with van der Waals surface area (Å²) in [5.41, 5.74) is 2.66. The van der Waals surface area contributed by atoms with Gasteiger partial charge in [-0.05, 0) is 42.7 Å². The molecule has 10 heteroatoms. The lowest BCUT2D eigenvalue weighted by atomic mass is 10.1. The van der Waals surface area contributed by atoms with Crippen molar-refractivity contribution < 1.29 is 17.7 Å². The maximum atomic E-state index is 11.0. The van der Waals surface area contributed by atoms with Crippen LogP contribution in [0.5, 0.6) is 0 Å². The van der Waals surface area contributed by atoms with E-state index in [1.807, 2.05) is 12.1 Å². The van der Waals surface area contributed by atoms with Crippen LogP contribution < -0.4 is 15.8 Å². The molecule has 0 radical (unpaired) electrons. The normalized spacial score (nSPS) is 26.3. The van der Waals surface area contributed by atoms with Gasteiger partial charge in [-0.3, -0.25) is 4.18 Å². The lowest BCUT2D eigenvalue weighted by Crippen LogP contribution is -2.28. The van der Waals surface area contributed by atoms with Crippen LogP contribution in [0.4, 0.5) is 11.6 Å². The summed E-state index contributed by atoms with van der Waals surface area (Å²) in [5, 5.41) is 21.9. The molecule has 2 aliphatic carbocycles. The topological polar surface area (TPSA) is 139 Å². The molecule has 2 aromatic rings. The van der Waals surface area contributed by atoms with Crippen LogP contribution >= 0.6 is 0 Å². The Morgan fingerprint density at radius 2 is 1.93 bits per heavy atom. The van der Waals surface area contributed by atoms with Gasteiger partial charge < -0.3 is 15.7 Å². The zero-order valence-electron chi connectivity index (χ0n) is 15.9. The Morgan fingerprint density at radius 3 is 2.72 bits per heavy atom. The molecular formula is C19H25N5O4S. The summed E-state index contributed by atoms with van der Waals surface area (Å²) in [5.74, 6) is 1.21. The van der Waals surface area contributed by atoms with E-state index in [1.54, 1.807) is 0 Å². The molecule has 1 aromatic carbocycles. The van der Waals surface area contributed by atoms with Crippen LogP contribution in [0.25, 0.3) is 0 Å². The predicted octanol–water partition coefficient (Wildman–Crippen LogP) is 1.35. The fourth-order valence-electron chi connectivity index (χ4n) is 4.19. The van der Waals surface area contributed by atoms with E-state index in [9.17, 15) is 13.5 Å². The molecule has 1 fully saturated rings. The molecule has 4 atom stereocenters. The molecule has 1 unspecified atom stereocenters. The first-order valence-corrected chi connectivity index (χ1v) is 11.1. The number of fused-ring (bicyclic) bond motifs is 1. The second kappa shape index (κ2) is 8.23. The van der Waals surface area contributed by atoms with Crippen molar-refractivity contribution in [1.82, 2.24) is 9.97 Å². The van der Waals surface area contributed by atoms with Gasteiger partial charge in [0.15, 0.2) is 0 Å². The SMILES string of the molecule is NS(=O)(=O)OC[C@H]1C[C@@H](O)[C@H](Nc2cc(NC3CCc4ccccc43)ncn2)C1. The van der Waals surface area contributed by atoms with E-state index in [1.165, 1.54) is 17.5 Å². The van der Waals surface area contributed by atoms with Crippen molar-refractivity contribution in [3.8, 4) is 0 Å². The number of hydrogen-bond donors (Lipinski definition) is 4. The predicted molar refractivity (Wildman–Crippen MR) is 108 cm³/mol. The quantitative estimate of drug-likeness (QED) is 0.527. The maximum Gasteiger partial charge on any atom is 0.333 e. The van der Waals surface area contributed by atoms with Crippen molar-refractivity contribution >= 4 is 21.9 Å². The minimum absolute atomic E-state index is 0.0360. The number of hydrogen-bond acceptors (Lipinski definition) is 8. The van der Waals surface area contributed by atoms with Crippen LogP contribution in [0.3, 0.4) is 0 Å². The van der Waals surface area contributed by atoms with Crippen LogP contribution in [0.2, 0.25) is 0 Å². The van der Waals surface area contributed by atoms with Gasteiger partial charge in [0.2, 0.25) is 0 Å². The van der Waals surface area contributed by atoms with E-state index in [-0.39, 0.29) is 24.6 Å². The lowest BCUT2D eigenvalue weighted by Gasteiger charge is -2.19. The summed E-state index contributed by atoms with van der Waals surface area (Å²) in [6.07, 6.45) is 3.90. The van der Waals surface area contributed by atoms with Gasteiger partial charge in [0.25, 0.3) is 0 Å². The summed E-state index contributed by atoms with van der Waals surface area (Å²) < 4.78 is 26.6. The zero-order valence-corrected chi connectivity index (χ0v) is 16.7. The second-order valence-electron chi connectivity index (χ2n) is 7.66. The number of aliphatic hydroxyl groups is 1. The first-order chi connectivity index (χ1) is 13.9. The average molecular weight is 420 g/mol. The molecule has 0 amide bonds. The molecule has 29 heavy (non-hydrogen) atoms. The molecule has 1 aromatic heterocycles. The van der Waals surface area contributed by atoms with Gasteiger partial charge in [0.05, 0.1) is 24.8 Å². The van der Waals surface area contributed by atoms with E-state index in [0.29, 0.717) is 24.5 Å². The maximum absolute atomic E-state index is 11.0. The van der Waals surface area contributed by atoms with E-state index >= 15 is 0 Å². The van der Waals surface area contributed by atoms with E-state index < -0.39 is 16.4 Å². The zero-order chi connectivity index (χ0) is 20.4. The molecule has 0 bridgehead atoms. The summed E-state index contributed by atoms with van der Waals surface area (Å²) in [6.45, 7) is -0.0360. The highest BCUT2D eigenvalue weighted by Gasteiger charge is 2.34. The van der Waals surface area contributed by atoms with Gasteiger partial charge in [0, 0.05) is 6.07 Å². The molecule has 1 saturated carbocycles. The fourth-order valence-corrected chi connectivity index (χ4v) is 4.57. The number of nitrogens with zero attached hydrogens (tertiary/aromatic N) is 2. The van der Waals surface area contributed by atoms with Gasteiger partial charge >= 0.3 is 10.3 Å². The summed E-state index contributed by atoms with van der Waals surface area (Å²) in [6, 6.07) is 10.2. The first kappa shape index (κ1) is 20.0. The molecule has 2 aliphatic rings. The monoisotopic (exact) mass is 419 g/mol. The fraction of sp³-hybridized carbons (Fsp3) is 0.474. The smallest absolute Gasteiger partial charge is 0.333 e. The summed E-state index contributed by atoms with van der Waals surface area (Å²) in [7, 11) is -3.97. The standard InChI is InChI=1S/C19H25N5O4S/c20-29(26,27)28-10-12-7-16(17(25)8-12)24-19-9-18(21-11-22-19)23-15-6-5-13-3-1-2-4-14(13)15/h1-4,9,11-12,15-17,25H,5-8,10H2,(H2,20,26,27)(H2,21,22,23,24)/t12-,15?,16-,17-/m1/s1. The Balaban J connectivity index is 1.37. The minimum Gasteiger partial charge on any atom is -0.391 e. The molecule has 156 valence electrons. The summed E-state index contributed by atoms with van der Waals surface area (Å²) in [4.78, 5) is 8.56. The Hall–Kier alpha value is -2.27. The Labute approximate surface area is 170 Å². The van der Waals surface area contributed by atoms with Crippen LogP contribution in [-0.4, -0.2) is 42.2 Å². The third-order valence-electron chi connectivity index (χ3n) is 5.55. The number of benzene rings is 1. The van der Waals surface area contributed by atoms with Crippen LogP contribution in [-0.2, 0) is 20.9 Å². The number of anilines is 2. The number of nitrogens with one attached hydrogen (secondary N) is 2. The van der Waals surface area contributed by atoms with Gasteiger partial charge in [-0.15, -0.1) is 0 Å². The third-order valence-corrected chi connectivity index (χ3v) is 6.01. The number of aliphatic hydroxyl groups excluding tert-OH is 1. The average Bonchev–Trinajstić information content (AvgIpc) is 3.24. The molecule has 0 spiro atoms. The van der Waals surface area contributed by atoms with Crippen molar-refractivity contribution in [3.05, 3.63) is 47.8 Å². The van der Waals surface area contributed by atoms with Gasteiger partial charge in [-0.2, -0.15) is 8.42 Å². The molecule has 5 N–H and O–H groups in total. The molecule has 9 nitrogen and oxygen atoms in total. The number of aromatic nitrogens is 2. The van der Waals surface area contributed by atoms with Gasteiger partial charge in [0.1, 0.15) is 18.0 Å².